The molecule has 1 aromatic rings. The van der Waals surface area contributed by atoms with Crippen LogP contribution in [0.15, 0.2) is 24.3 Å². The lowest BCUT2D eigenvalue weighted by atomic mass is 9.79. The largest absolute Gasteiger partial charge is 0.508 e. The number of phenols is 1. The molecule has 1 saturated carbocycles. The van der Waals surface area contributed by atoms with Gasteiger partial charge in [-0.15, -0.1) is 0 Å². The van der Waals surface area contributed by atoms with Gasteiger partial charge in [0.2, 0.25) is 0 Å². The number of hydrogen-bond donors (Lipinski definition) is 2. The van der Waals surface area contributed by atoms with Crippen LogP contribution < -0.4 is 5.32 Å². The van der Waals surface area contributed by atoms with Crippen LogP contribution in [0.2, 0.25) is 0 Å². The van der Waals surface area contributed by atoms with Gasteiger partial charge in [0, 0.05) is 31.2 Å². The van der Waals surface area contributed by atoms with Gasteiger partial charge < -0.3 is 10.4 Å². The average molecular weight is 274 g/mol. The van der Waals surface area contributed by atoms with Gasteiger partial charge >= 0.3 is 0 Å². The first-order valence-corrected chi connectivity index (χ1v) is 7.94. The molecular weight excluding hydrogens is 248 g/mol. The quantitative estimate of drug-likeness (QED) is 0.870. The Hall–Kier alpha value is -1.06. The van der Waals surface area contributed by atoms with Gasteiger partial charge in [0.05, 0.1) is 0 Å². The maximum Gasteiger partial charge on any atom is 0.115 e. The van der Waals surface area contributed by atoms with E-state index in [-0.39, 0.29) is 0 Å². The van der Waals surface area contributed by atoms with E-state index in [1.807, 2.05) is 12.1 Å². The Bertz CT molecular complexity index is 454. The van der Waals surface area contributed by atoms with Gasteiger partial charge in [-0.3, -0.25) is 4.90 Å². The molecule has 0 aromatic heterocycles. The molecular formula is C17H26N2O. The van der Waals surface area contributed by atoms with Crippen molar-refractivity contribution in [3.05, 3.63) is 29.8 Å². The summed E-state index contributed by atoms with van der Waals surface area (Å²) in [5.74, 6) is 0.373. The van der Waals surface area contributed by atoms with Gasteiger partial charge in [-0.1, -0.05) is 31.4 Å². The van der Waals surface area contributed by atoms with Gasteiger partial charge in [-0.05, 0) is 37.5 Å². The fourth-order valence-electron chi connectivity index (χ4n) is 3.76. The number of nitrogens with zero attached hydrogens (tertiary/aromatic N) is 1. The number of rotatable bonds is 2. The summed E-state index contributed by atoms with van der Waals surface area (Å²) < 4.78 is 0. The summed E-state index contributed by atoms with van der Waals surface area (Å²) in [4.78, 5) is 2.58. The molecule has 3 heteroatoms. The van der Waals surface area contributed by atoms with Crippen molar-refractivity contribution in [2.24, 2.45) is 0 Å². The summed E-state index contributed by atoms with van der Waals surface area (Å²) in [6.45, 7) is 5.47. The van der Waals surface area contributed by atoms with E-state index in [9.17, 15) is 5.11 Å². The topological polar surface area (TPSA) is 35.5 Å². The predicted molar refractivity (Wildman–Crippen MR) is 81.8 cm³/mol. The summed E-state index contributed by atoms with van der Waals surface area (Å²) in [5, 5.41) is 13.4. The van der Waals surface area contributed by atoms with Crippen LogP contribution in [0, 0.1) is 0 Å². The molecule has 1 spiro atoms. The fourth-order valence-corrected chi connectivity index (χ4v) is 3.76. The summed E-state index contributed by atoms with van der Waals surface area (Å²) in [6, 6.07) is 8.25. The third-order valence-electron chi connectivity index (χ3n) is 5.01. The van der Waals surface area contributed by atoms with E-state index in [4.69, 9.17) is 0 Å². The number of aromatic hydroxyl groups is 1. The van der Waals surface area contributed by atoms with Crippen LogP contribution in [-0.2, 0) is 6.54 Å². The van der Waals surface area contributed by atoms with Crippen molar-refractivity contribution in [3.8, 4) is 5.75 Å². The lowest BCUT2D eigenvalue weighted by molar-refractivity contribution is 0.0572. The van der Waals surface area contributed by atoms with E-state index in [0.717, 1.165) is 19.6 Å². The molecule has 0 amide bonds. The molecule has 1 unspecified atom stereocenters. The summed E-state index contributed by atoms with van der Waals surface area (Å²) >= 11 is 0. The maximum absolute atomic E-state index is 9.62. The molecule has 2 N–H and O–H groups in total. The molecule has 1 aromatic carbocycles. The Kier molecular flexibility index (Phi) is 3.99. The van der Waals surface area contributed by atoms with E-state index in [0.29, 0.717) is 17.3 Å². The van der Waals surface area contributed by atoms with Crippen LogP contribution in [0.3, 0.4) is 0 Å². The molecule has 1 heterocycles. The molecule has 1 atom stereocenters. The normalized spacial score (nSPS) is 26.8. The Morgan fingerprint density at radius 3 is 2.85 bits per heavy atom. The zero-order chi connectivity index (χ0) is 14.0. The standard InChI is InChI=1S/C17H26N2O/c1-14-11-18-17(8-3-2-4-9-17)13-19(14)12-15-6-5-7-16(20)10-15/h5-7,10,14,18,20H,2-4,8-9,11-13H2,1H3. The van der Waals surface area contributed by atoms with Gasteiger partial charge in [-0.2, -0.15) is 0 Å². The number of nitrogens with one attached hydrogen (secondary N) is 1. The summed E-state index contributed by atoms with van der Waals surface area (Å²) in [5.41, 5.74) is 1.56. The lowest BCUT2D eigenvalue weighted by Gasteiger charge is -2.49. The molecule has 1 saturated heterocycles. The molecule has 3 rings (SSSR count). The van der Waals surface area contributed by atoms with Crippen LogP contribution >= 0.6 is 0 Å². The van der Waals surface area contributed by atoms with E-state index in [2.05, 4.69) is 23.2 Å². The number of hydrogen-bond acceptors (Lipinski definition) is 3. The van der Waals surface area contributed by atoms with Crippen molar-refractivity contribution in [2.75, 3.05) is 13.1 Å². The van der Waals surface area contributed by atoms with E-state index < -0.39 is 0 Å². The predicted octanol–water partition coefficient (Wildman–Crippen LogP) is 2.89. The number of phenolic OH excluding ortho intramolecular Hbond substituents is 1. The molecule has 3 nitrogen and oxygen atoms in total. The lowest BCUT2D eigenvalue weighted by Crippen LogP contribution is -2.63. The Labute approximate surface area is 122 Å². The van der Waals surface area contributed by atoms with Crippen LogP contribution in [-0.4, -0.2) is 34.7 Å². The SMILES string of the molecule is CC1CNC2(CCCCC2)CN1Cc1cccc(O)c1. The van der Waals surface area contributed by atoms with Crippen LogP contribution in [0.25, 0.3) is 0 Å². The number of benzene rings is 1. The number of piperazine rings is 1. The first-order valence-electron chi connectivity index (χ1n) is 7.94. The zero-order valence-corrected chi connectivity index (χ0v) is 12.4. The highest BCUT2D eigenvalue weighted by Gasteiger charge is 2.38. The Morgan fingerprint density at radius 2 is 2.10 bits per heavy atom. The van der Waals surface area contributed by atoms with Gasteiger partial charge in [-0.25, -0.2) is 0 Å². The second kappa shape index (κ2) is 5.74. The van der Waals surface area contributed by atoms with Crippen molar-refractivity contribution in [2.45, 2.75) is 57.2 Å². The summed E-state index contributed by atoms with van der Waals surface area (Å²) in [6.07, 6.45) is 6.75. The first kappa shape index (κ1) is 13.9. The zero-order valence-electron chi connectivity index (χ0n) is 12.4. The van der Waals surface area contributed by atoms with E-state index in [1.54, 1.807) is 6.07 Å². The van der Waals surface area contributed by atoms with Gasteiger partial charge in [0.1, 0.15) is 5.75 Å². The molecule has 110 valence electrons. The monoisotopic (exact) mass is 274 g/mol. The smallest absolute Gasteiger partial charge is 0.115 e. The van der Waals surface area contributed by atoms with E-state index in [1.165, 1.54) is 37.7 Å². The van der Waals surface area contributed by atoms with Crippen molar-refractivity contribution in [3.63, 3.8) is 0 Å². The van der Waals surface area contributed by atoms with Crippen LogP contribution in [0.5, 0.6) is 5.75 Å². The molecule has 1 aliphatic heterocycles. The molecule has 20 heavy (non-hydrogen) atoms. The van der Waals surface area contributed by atoms with Gasteiger partial charge in [0.15, 0.2) is 0 Å². The average Bonchev–Trinajstić information content (AvgIpc) is 2.44. The minimum absolute atomic E-state index is 0.349. The maximum atomic E-state index is 9.62. The Balaban J connectivity index is 1.70. The van der Waals surface area contributed by atoms with Crippen molar-refractivity contribution in [1.82, 2.24) is 10.2 Å². The highest BCUT2D eigenvalue weighted by Crippen LogP contribution is 2.32. The second-order valence-corrected chi connectivity index (χ2v) is 6.65. The highest BCUT2D eigenvalue weighted by atomic mass is 16.3. The minimum Gasteiger partial charge on any atom is -0.508 e. The molecule has 1 aliphatic carbocycles. The third-order valence-corrected chi connectivity index (χ3v) is 5.01. The molecule has 2 aliphatic rings. The molecule has 0 radical (unpaired) electrons. The third kappa shape index (κ3) is 2.99. The Morgan fingerprint density at radius 1 is 1.30 bits per heavy atom. The second-order valence-electron chi connectivity index (χ2n) is 6.65. The van der Waals surface area contributed by atoms with Gasteiger partial charge in [0.25, 0.3) is 0 Å². The first-order chi connectivity index (χ1) is 9.67. The minimum atomic E-state index is 0.349. The van der Waals surface area contributed by atoms with Crippen molar-refractivity contribution < 1.29 is 5.11 Å². The van der Waals surface area contributed by atoms with Crippen LogP contribution in [0.4, 0.5) is 0 Å². The fraction of sp³-hybridized carbons (Fsp3) is 0.647. The molecule has 2 fully saturated rings. The summed E-state index contributed by atoms with van der Waals surface area (Å²) in [7, 11) is 0. The van der Waals surface area contributed by atoms with E-state index >= 15 is 0 Å². The van der Waals surface area contributed by atoms with Crippen molar-refractivity contribution in [1.29, 1.82) is 0 Å². The molecule has 0 bridgehead atoms. The van der Waals surface area contributed by atoms with Crippen molar-refractivity contribution >= 4 is 0 Å². The van der Waals surface area contributed by atoms with Crippen LogP contribution in [0.1, 0.15) is 44.6 Å². The highest BCUT2D eigenvalue weighted by molar-refractivity contribution is 5.27.